The van der Waals surface area contributed by atoms with Crippen LogP contribution in [0, 0.1) is 0 Å². The SMILES string of the molecule is Cn1nccc1CNc1cc(Br)ccc1C(N)=S. The summed E-state index contributed by atoms with van der Waals surface area (Å²) in [6, 6.07) is 7.75. The fourth-order valence-electron chi connectivity index (χ4n) is 1.64. The summed E-state index contributed by atoms with van der Waals surface area (Å²) >= 11 is 8.47. The minimum Gasteiger partial charge on any atom is -0.389 e. The van der Waals surface area contributed by atoms with Crippen molar-refractivity contribution < 1.29 is 0 Å². The number of nitrogens with zero attached hydrogens (tertiary/aromatic N) is 2. The third kappa shape index (κ3) is 2.88. The van der Waals surface area contributed by atoms with Crippen LogP contribution in [0.15, 0.2) is 34.9 Å². The average molecular weight is 325 g/mol. The maximum atomic E-state index is 5.70. The molecule has 0 radical (unpaired) electrons. The number of halogens is 1. The van der Waals surface area contributed by atoms with E-state index in [4.69, 9.17) is 18.0 Å². The number of rotatable bonds is 4. The fourth-order valence-corrected chi connectivity index (χ4v) is 2.18. The third-order valence-electron chi connectivity index (χ3n) is 2.63. The van der Waals surface area contributed by atoms with E-state index < -0.39 is 0 Å². The van der Waals surface area contributed by atoms with Crippen LogP contribution in [0.3, 0.4) is 0 Å². The maximum Gasteiger partial charge on any atom is 0.106 e. The lowest BCUT2D eigenvalue weighted by atomic mass is 10.1. The second-order valence-electron chi connectivity index (χ2n) is 3.85. The summed E-state index contributed by atoms with van der Waals surface area (Å²) in [5, 5.41) is 7.44. The molecule has 0 atom stereocenters. The van der Waals surface area contributed by atoms with E-state index in [0.29, 0.717) is 11.5 Å². The predicted octanol–water partition coefficient (Wildman–Crippen LogP) is 2.43. The van der Waals surface area contributed by atoms with Crippen LogP contribution in [0.4, 0.5) is 5.69 Å². The number of nitrogens with two attached hydrogens (primary N) is 1. The van der Waals surface area contributed by atoms with Gasteiger partial charge in [0, 0.05) is 29.0 Å². The van der Waals surface area contributed by atoms with E-state index in [1.54, 1.807) is 6.20 Å². The van der Waals surface area contributed by atoms with Gasteiger partial charge in [-0.25, -0.2) is 0 Å². The first-order chi connectivity index (χ1) is 8.58. The van der Waals surface area contributed by atoms with Gasteiger partial charge in [0.2, 0.25) is 0 Å². The molecule has 0 aliphatic rings. The summed E-state index contributed by atoms with van der Waals surface area (Å²) in [6.07, 6.45) is 1.77. The van der Waals surface area contributed by atoms with Crippen molar-refractivity contribution in [1.82, 2.24) is 9.78 Å². The molecule has 0 bridgehead atoms. The van der Waals surface area contributed by atoms with Gasteiger partial charge < -0.3 is 11.1 Å². The Morgan fingerprint density at radius 1 is 1.50 bits per heavy atom. The fraction of sp³-hybridized carbons (Fsp3) is 0.167. The Morgan fingerprint density at radius 2 is 2.28 bits per heavy atom. The molecule has 3 N–H and O–H groups in total. The van der Waals surface area contributed by atoms with Crippen molar-refractivity contribution in [2.24, 2.45) is 12.8 Å². The molecular formula is C12H13BrN4S. The highest BCUT2D eigenvalue weighted by Gasteiger charge is 2.06. The van der Waals surface area contributed by atoms with Gasteiger partial charge in [-0.15, -0.1) is 0 Å². The molecule has 18 heavy (non-hydrogen) atoms. The number of anilines is 1. The maximum absolute atomic E-state index is 5.70. The van der Waals surface area contributed by atoms with Crippen LogP contribution >= 0.6 is 28.1 Å². The Labute approximate surface area is 119 Å². The van der Waals surface area contributed by atoms with Crippen molar-refractivity contribution in [3.63, 3.8) is 0 Å². The largest absolute Gasteiger partial charge is 0.389 e. The highest BCUT2D eigenvalue weighted by atomic mass is 79.9. The molecule has 1 heterocycles. The van der Waals surface area contributed by atoms with Gasteiger partial charge in [-0.2, -0.15) is 5.10 Å². The molecule has 0 aliphatic heterocycles. The summed E-state index contributed by atoms with van der Waals surface area (Å²) in [5.41, 5.74) is 8.55. The van der Waals surface area contributed by atoms with Crippen LogP contribution < -0.4 is 11.1 Å². The number of aryl methyl sites for hydroxylation is 1. The van der Waals surface area contributed by atoms with E-state index in [1.165, 1.54) is 0 Å². The summed E-state index contributed by atoms with van der Waals surface area (Å²) in [7, 11) is 1.91. The van der Waals surface area contributed by atoms with Crippen LogP contribution in [-0.4, -0.2) is 14.8 Å². The molecule has 0 saturated carbocycles. The van der Waals surface area contributed by atoms with Gasteiger partial charge in [0.25, 0.3) is 0 Å². The summed E-state index contributed by atoms with van der Waals surface area (Å²) in [4.78, 5) is 0.384. The summed E-state index contributed by atoms with van der Waals surface area (Å²) in [6.45, 7) is 0.669. The van der Waals surface area contributed by atoms with Crippen molar-refractivity contribution in [3.05, 3.63) is 46.2 Å². The first-order valence-corrected chi connectivity index (χ1v) is 6.58. The number of hydrogen-bond donors (Lipinski definition) is 2. The lowest BCUT2D eigenvalue weighted by Gasteiger charge is -2.11. The minimum absolute atomic E-state index is 0.384. The van der Waals surface area contributed by atoms with E-state index in [1.807, 2.05) is 36.0 Å². The van der Waals surface area contributed by atoms with Crippen molar-refractivity contribution in [1.29, 1.82) is 0 Å². The third-order valence-corrected chi connectivity index (χ3v) is 3.34. The number of benzene rings is 1. The number of thiocarbonyl (C=S) groups is 1. The average Bonchev–Trinajstić information content (AvgIpc) is 2.72. The second kappa shape index (κ2) is 5.49. The molecule has 4 nitrogen and oxygen atoms in total. The summed E-state index contributed by atoms with van der Waals surface area (Å²) < 4.78 is 2.81. The molecule has 2 rings (SSSR count). The van der Waals surface area contributed by atoms with Gasteiger partial charge in [0.1, 0.15) is 4.99 Å². The predicted molar refractivity (Wildman–Crippen MR) is 80.6 cm³/mol. The number of hydrogen-bond acceptors (Lipinski definition) is 3. The normalized spacial score (nSPS) is 10.3. The molecule has 0 aliphatic carbocycles. The van der Waals surface area contributed by atoms with Gasteiger partial charge in [0.05, 0.1) is 12.2 Å². The Morgan fingerprint density at radius 3 is 2.89 bits per heavy atom. The quantitative estimate of drug-likeness (QED) is 0.848. The Kier molecular flexibility index (Phi) is 3.98. The van der Waals surface area contributed by atoms with E-state index in [2.05, 4.69) is 26.3 Å². The van der Waals surface area contributed by atoms with Crippen molar-refractivity contribution in [3.8, 4) is 0 Å². The zero-order valence-electron chi connectivity index (χ0n) is 9.85. The number of nitrogens with one attached hydrogen (secondary N) is 1. The van der Waals surface area contributed by atoms with E-state index in [9.17, 15) is 0 Å². The zero-order valence-corrected chi connectivity index (χ0v) is 12.3. The standard InChI is InChI=1S/C12H13BrN4S/c1-17-9(4-5-16-17)7-15-11-6-8(13)2-3-10(11)12(14)18/h2-6,15H,7H2,1H3,(H2,14,18). The minimum atomic E-state index is 0.384. The van der Waals surface area contributed by atoms with Crippen LogP contribution in [0.1, 0.15) is 11.3 Å². The van der Waals surface area contributed by atoms with Crippen LogP contribution in [0.25, 0.3) is 0 Å². The van der Waals surface area contributed by atoms with E-state index in [-0.39, 0.29) is 0 Å². The van der Waals surface area contributed by atoms with Gasteiger partial charge >= 0.3 is 0 Å². The van der Waals surface area contributed by atoms with Gasteiger partial charge in [0.15, 0.2) is 0 Å². The van der Waals surface area contributed by atoms with E-state index in [0.717, 1.165) is 21.4 Å². The van der Waals surface area contributed by atoms with Gasteiger partial charge in [-0.05, 0) is 24.3 Å². The lowest BCUT2D eigenvalue weighted by Crippen LogP contribution is -2.14. The lowest BCUT2D eigenvalue weighted by molar-refractivity contribution is 0.720. The van der Waals surface area contributed by atoms with Gasteiger partial charge in [-0.3, -0.25) is 4.68 Å². The monoisotopic (exact) mass is 324 g/mol. The Balaban J connectivity index is 2.20. The Bertz CT molecular complexity index is 579. The molecule has 0 fully saturated rings. The molecule has 0 amide bonds. The highest BCUT2D eigenvalue weighted by molar-refractivity contribution is 9.10. The van der Waals surface area contributed by atoms with E-state index >= 15 is 0 Å². The molecule has 0 unspecified atom stereocenters. The second-order valence-corrected chi connectivity index (χ2v) is 5.21. The van der Waals surface area contributed by atoms with Crippen LogP contribution in [0.5, 0.6) is 0 Å². The van der Waals surface area contributed by atoms with Crippen LogP contribution in [-0.2, 0) is 13.6 Å². The molecule has 1 aromatic heterocycles. The summed E-state index contributed by atoms with van der Waals surface area (Å²) in [5.74, 6) is 0. The molecule has 6 heteroatoms. The van der Waals surface area contributed by atoms with Crippen molar-refractivity contribution in [2.45, 2.75) is 6.54 Å². The smallest absolute Gasteiger partial charge is 0.106 e. The van der Waals surface area contributed by atoms with Crippen molar-refractivity contribution >= 4 is 38.8 Å². The zero-order chi connectivity index (χ0) is 13.1. The molecule has 0 spiro atoms. The molecule has 2 aromatic rings. The first-order valence-electron chi connectivity index (χ1n) is 5.38. The number of aromatic nitrogens is 2. The molecule has 94 valence electrons. The first kappa shape index (κ1) is 13.0. The van der Waals surface area contributed by atoms with Crippen LogP contribution in [0.2, 0.25) is 0 Å². The molecule has 1 aromatic carbocycles. The Hall–Kier alpha value is -1.40. The highest BCUT2D eigenvalue weighted by Crippen LogP contribution is 2.22. The molecular weight excluding hydrogens is 312 g/mol. The van der Waals surface area contributed by atoms with Gasteiger partial charge in [-0.1, -0.05) is 28.1 Å². The van der Waals surface area contributed by atoms with Crippen molar-refractivity contribution in [2.75, 3.05) is 5.32 Å². The molecule has 0 saturated heterocycles. The topological polar surface area (TPSA) is 55.9 Å².